The second-order valence-corrected chi connectivity index (χ2v) is 3.68. The molecule has 19 heavy (non-hydrogen) atoms. The fourth-order valence-corrected chi connectivity index (χ4v) is 1.61. The van der Waals surface area contributed by atoms with E-state index in [1.54, 1.807) is 30.3 Å². The second-order valence-electron chi connectivity index (χ2n) is 3.27. The van der Waals surface area contributed by atoms with Gasteiger partial charge in [-0.3, -0.25) is 5.43 Å². The van der Waals surface area contributed by atoms with Gasteiger partial charge in [0.1, 0.15) is 30.5 Å². The predicted octanol–water partition coefficient (Wildman–Crippen LogP) is 1.74. The van der Waals surface area contributed by atoms with Crippen molar-refractivity contribution >= 4 is 23.0 Å². The zero-order valence-electron chi connectivity index (χ0n) is 9.45. The number of rotatable bonds is 3. The number of halogens is 1. The van der Waals surface area contributed by atoms with Crippen LogP contribution in [0, 0.1) is 22.7 Å². The first-order valence-electron chi connectivity index (χ1n) is 5.03. The lowest BCUT2D eigenvalue weighted by atomic mass is 10.2. The van der Waals surface area contributed by atoms with Gasteiger partial charge < -0.3 is 0 Å². The van der Waals surface area contributed by atoms with E-state index in [0.29, 0.717) is 16.4 Å². The van der Waals surface area contributed by atoms with Gasteiger partial charge in [-0.25, -0.2) is 9.67 Å². The van der Waals surface area contributed by atoms with E-state index < -0.39 is 0 Å². The van der Waals surface area contributed by atoms with Gasteiger partial charge in [0, 0.05) is 0 Å². The van der Waals surface area contributed by atoms with Gasteiger partial charge in [0.25, 0.3) is 0 Å². The third-order valence-electron chi connectivity index (χ3n) is 2.13. The number of nitrogens with zero attached hydrogens (tertiary/aromatic N) is 6. The molecule has 7 nitrogen and oxygen atoms in total. The minimum absolute atomic E-state index is 0.287. The van der Waals surface area contributed by atoms with E-state index in [1.165, 1.54) is 17.3 Å². The van der Waals surface area contributed by atoms with E-state index in [4.69, 9.17) is 22.1 Å². The third-order valence-corrected chi connectivity index (χ3v) is 2.44. The number of aromatic nitrogens is 3. The van der Waals surface area contributed by atoms with Crippen molar-refractivity contribution in [2.24, 2.45) is 5.10 Å². The van der Waals surface area contributed by atoms with E-state index in [1.807, 2.05) is 0 Å². The van der Waals surface area contributed by atoms with Gasteiger partial charge in [0.2, 0.25) is 5.71 Å². The molecule has 2 rings (SSSR count). The fourth-order valence-electron chi connectivity index (χ4n) is 1.35. The van der Waals surface area contributed by atoms with E-state index >= 15 is 0 Å². The number of nitriles is 2. The summed E-state index contributed by atoms with van der Waals surface area (Å²) in [4.78, 5) is 3.83. The highest BCUT2D eigenvalue weighted by Gasteiger charge is 2.09. The molecule has 0 saturated heterocycles. The Morgan fingerprint density at radius 3 is 2.79 bits per heavy atom. The monoisotopic (exact) mass is 271 g/mol. The molecule has 0 aliphatic heterocycles. The van der Waals surface area contributed by atoms with Crippen LogP contribution in [0.4, 0.5) is 5.69 Å². The number of hydrogen-bond donors (Lipinski definition) is 1. The highest BCUT2D eigenvalue weighted by atomic mass is 35.5. The summed E-state index contributed by atoms with van der Waals surface area (Å²) < 4.78 is 1.46. The SMILES string of the molecule is N#CC(C#N)=NNc1cccc(Cl)c1-n1cncn1. The summed E-state index contributed by atoms with van der Waals surface area (Å²) in [6.45, 7) is 0. The van der Waals surface area contributed by atoms with Crippen molar-refractivity contribution in [3.05, 3.63) is 35.9 Å². The van der Waals surface area contributed by atoms with Gasteiger partial charge in [-0.05, 0) is 12.1 Å². The minimum atomic E-state index is -0.287. The molecule has 92 valence electrons. The molecule has 0 aliphatic rings. The molecule has 0 unspecified atom stereocenters. The summed E-state index contributed by atoms with van der Waals surface area (Å²) in [6.07, 6.45) is 2.85. The smallest absolute Gasteiger partial charge is 0.237 e. The third kappa shape index (κ3) is 2.68. The van der Waals surface area contributed by atoms with E-state index in [9.17, 15) is 0 Å². The van der Waals surface area contributed by atoms with Crippen molar-refractivity contribution in [1.29, 1.82) is 10.5 Å². The van der Waals surface area contributed by atoms with Crippen LogP contribution >= 0.6 is 11.6 Å². The van der Waals surface area contributed by atoms with Crippen molar-refractivity contribution < 1.29 is 0 Å². The molecule has 1 aromatic carbocycles. The topological polar surface area (TPSA) is 103 Å². The van der Waals surface area contributed by atoms with Crippen LogP contribution in [0.15, 0.2) is 36.0 Å². The quantitative estimate of drug-likeness (QED) is 0.676. The molecule has 1 N–H and O–H groups in total. The van der Waals surface area contributed by atoms with Crippen LogP contribution in [0.1, 0.15) is 0 Å². The summed E-state index contributed by atoms with van der Waals surface area (Å²) in [6, 6.07) is 8.38. The molecule has 0 saturated carbocycles. The lowest BCUT2D eigenvalue weighted by Crippen LogP contribution is -2.03. The van der Waals surface area contributed by atoms with Gasteiger partial charge in [-0.1, -0.05) is 17.7 Å². The molecule has 0 aliphatic carbocycles. The lowest BCUT2D eigenvalue weighted by molar-refractivity contribution is 0.879. The molecule has 1 aromatic heterocycles. The second kappa shape index (κ2) is 5.63. The van der Waals surface area contributed by atoms with E-state index in [2.05, 4.69) is 20.6 Å². The van der Waals surface area contributed by atoms with Gasteiger partial charge in [0.15, 0.2) is 0 Å². The molecule has 0 radical (unpaired) electrons. The summed E-state index contributed by atoms with van der Waals surface area (Å²) in [5, 5.41) is 25.3. The van der Waals surface area contributed by atoms with Crippen LogP contribution in [0.5, 0.6) is 0 Å². The van der Waals surface area contributed by atoms with E-state index in [0.717, 1.165) is 0 Å². The van der Waals surface area contributed by atoms with Crippen LogP contribution in [0.2, 0.25) is 5.02 Å². The number of hydrogen-bond acceptors (Lipinski definition) is 6. The first-order valence-corrected chi connectivity index (χ1v) is 5.41. The van der Waals surface area contributed by atoms with Gasteiger partial charge in [0.05, 0.1) is 10.7 Å². The predicted molar refractivity (Wildman–Crippen MR) is 68.7 cm³/mol. The Balaban J connectivity index is 2.43. The number of para-hydroxylation sites is 1. The number of benzene rings is 1. The van der Waals surface area contributed by atoms with Crippen molar-refractivity contribution in [2.45, 2.75) is 0 Å². The van der Waals surface area contributed by atoms with Crippen LogP contribution in [0.3, 0.4) is 0 Å². The molecule has 0 amide bonds. The molecule has 0 spiro atoms. The molecule has 2 aromatic rings. The normalized spacial score (nSPS) is 9.21. The Labute approximate surface area is 113 Å². The zero-order valence-corrected chi connectivity index (χ0v) is 10.2. The Hall–Kier alpha value is -2.90. The standard InChI is InChI=1S/C11H6ClN7/c12-9-2-1-3-10(18-17-8(4-13)5-14)11(9)19-7-15-6-16-19/h1-3,6-7,18H. The van der Waals surface area contributed by atoms with Crippen LogP contribution in [-0.4, -0.2) is 20.5 Å². The van der Waals surface area contributed by atoms with Crippen molar-refractivity contribution in [1.82, 2.24) is 14.8 Å². The minimum Gasteiger partial charge on any atom is -0.274 e. The van der Waals surface area contributed by atoms with Crippen LogP contribution in [-0.2, 0) is 0 Å². The van der Waals surface area contributed by atoms with Crippen LogP contribution in [0.25, 0.3) is 5.69 Å². The number of anilines is 1. The first-order chi connectivity index (χ1) is 9.26. The van der Waals surface area contributed by atoms with Gasteiger partial charge in [-0.2, -0.15) is 20.7 Å². The van der Waals surface area contributed by atoms with Crippen LogP contribution < -0.4 is 5.43 Å². The molecule has 0 fully saturated rings. The molecular formula is C11H6ClN7. The summed E-state index contributed by atoms with van der Waals surface area (Å²) in [7, 11) is 0. The molecule has 8 heteroatoms. The lowest BCUT2D eigenvalue weighted by Gasteiger charge is -2.09. The van der Waals surface area contributed by atoms with E-state index in [-0.39, 0.29) is 5.71 Å². The zero-order chi connectivity index (χ0) is 13.7. The van der Waals surface area contributed by atoms with Crippen molar-refractivity contribution in [3.63, 3.8) is 0 Å². The largest absolute Gasteiger partial charge is 0.274 e. The molecular weight excluding hydrogens is 266 g/mol. The summed E-state index contributed by atoms with van der Waals surface area (Å²) in [5.74, 6) is 0. The van der Waals surface area contributed by atoms with Crippen molar-refractivity contribution in [2.75, 3.05) is 5.43 Å². The van der Waals surface area contributed by atoms with Gasteiger partial charge in [-0.15, -0.1) is 0 Å². The Bertz CT molecular complexity index is 675. The first kappa shape index (κ1) is 12.6. The maximum absolute atomic E-state index is 8.62. The summed E-state index contributed by atoms with van der Waals surface area (Å²) >= 11 is 6.10. The van der Waals surface area contributed by atoms with Crippen molar-refractivity contribution in [3.8, 4) is 17.8 Å². The average Bonchev–Trinajstić information content (AvgIpc) is 2.93. The Morgan fingerprint density at radius 1 is 1.37 bits per heavy atom. The van der Waals surface area contributed by atoms with Gasteiger partial charge >= 0.3 is 0 Å². The highest BCUT2D eigenvalue weighted by Crippen LogP contribution is 2.27. The maximum Gasteiger partial charge on any atom is 0.237 e. The summed E-state index contributed by atoms with van der Waals surface area (Å²) in [5.41, 5.74) is 3.36. The molecule has 0 bridgehead atoms. The highest BCUT2D eigenvalue weighted by molar-refractivity contribution is 6.33. The maximum atomic E-state index is 8.62. The number of nitrogens with one attached hydrogen (secondary N) is 1. The molecule has 0 atom stereocenters. The molecule has 1 heterocycles. The Kier molecular flexibility index (Phi) is 3.72. The number of hydrazone groups is 1. The Morgan fingerprint density at radius 2 is 2.16 bits per heavy atom. The fraction of sp³-hybridized carbons (Fsp3) is 0. The average molecular weight is 272 g/mol.